The van der Waals surface area contributed by atoms with Gasteiger partial charge in [-0.2, -0.15) is 0 Å². The molecule has 0 aromatic heterocycles. The van der Waals surface area contributed by atoms with Crippen LogP contribution >= 0.6 is 27.5 Å². The second-order valence-electron chi connectivity index (χ2n) is 2.71. The van der Waals surface area contributed by atoms with Crippen molar-refractivity contribution in [3.05, 3.63) is 32.3 Å². The Bertz CT molecular complexity index is 322. The molecule has 0 spiro atoms. The third-order valence-corrected chi connectivity index (χ3v) is 3.33. The van der Waals surface area contributed by atoms with Gasteiger partial charge in [0, 0.05) is 15.6 Å². The predicted molar refractivity (Wildman–Crippen MR) is 64.5 cm³/mol. The molecule has 0 atom stereocenters. The Labute approximate surface area is 103 Å². The van der Waals surface area contributed by atoms with Crippen molar-refractivity contribution in [2.45, 2.75) is 34.1 Å². The highest BCUT2D eigenvalue weighted by Crippen LogP contribution is 2.32. The molecule has 0 N–H and O–H groups in total. The second kappa shape index (κ2) is 6.44. The fraction of sp³-hybridized carbons (Fsp3) is 0.455. The van der Waals surface area contributed by atoms with E-state index in [1.54, 1.807) is 13.8 Å². The summed E-state index contributed by atoms with van der Waals surface area (Å²) in [5.74, 6) is -1.36. The van der Waals surface area contributed by atoms with Crippen molar-refractivity contribution in [1.29, 1.82) is 0 Å². The molecule has 0 aliphatic rings. The Kier molecular flexibility index (Phi) is 6.37. The van der Waals surface area contributed by atoms with Crippen LogP contribution in [0.15, 0.2) is 4.47 Å². The third-order valence-electron chi connectivity index (χ3n) is 1.93. The van der Waals surface area contributed by atoms with E-state index in [-0.39, 0.29) is 0 Å². The second-order valence-corrected chi connectivity index (χ2v) is 3.88. The minimum atomic E-state index is -0.691. The molecule has 0 aliphatic carbocycles. The van der Waals surface area contributed by atoms with E-state index in [1.807, 2.05) is 13.8 Å². The molecule has 0 heterocycles. The summed E-state index contributed by atoms with van der Waals surface area (Å²) < 4.78 is 26.9. The number of rotatable bonds is 1. The summed E-state index contributed by atoms with van der Waals surface area (Å²) in [6.07, 6.45) is 0.479. The van der Waals surface area contributed by atoms with Gasteiger partial charge < -0.3 is 0 Å². The van der Waals surface area contributed by atoms with Crippen molar-refractivity contribution in [2.75, 3.05) is 0 Å². The molecule has 0 saturated heterocycles. The van der Waals surface area contributed by atoms with E-state index in [4.69, 9.17) is 11.6 Å². The summed E-state index contributed by atoms with van der Waals surface area (Å²) in [6, 6.07) is 0. The molecule has 0 radical (unpaired) electrons. The zero-order valence-corrected chi connectivity index (χ0v) is 11.6. The lowest BCUT2D eigenvalue weighted by atomic mass is 10.1. The highest BCUT2D eigenvalue weighted by atomic mass is 79.9. The predicted octanol–water partition coefficient (Wildman–Crippen LogP) is 5.28. The van der Waals surface area contributed by atoms with Crippen molar-refractivity contribution in [1.82, 2.24) is 0 Å². The fourth-order valence-corrected chi connectivity index (χ4v) is 2.01. The summed E-state index contributed by atoms with van der Waals surface area (Å²) in [6.45, 7) is 7.35. The Morgan fingerprint density at radius 1 is 1.20 bits per heavy atom. The molecule has 4 heteroatoms. The Morgan fingerprint density at radius 2 is 1.67 bits per heavy atom. The molecule has 0 fully saturated rings. The van der Waals surface area contributed by atoms with Crippen molar-refractivity contribution in [2.24, 2.45) is 0 Å². The van der Waals surface area contributed by atoms with Gasteiger partial charge in [-0.25, -0.2) is 8.78 Å². The van der Waals surface area contributed by atoms with Crippen LogP contribution in [0.3, 0.4) is 0 Å². The van der Waals surface area contributed by atoms with Crippen LogP contribution in [-0.2, 0) is 6.42 Å². The van der Waals surface area contributed by atoms with E-state index in [0.29, 0.717) is 22.0 Å². The van der Waals surface area contributed by atoms with Crippen LogP contribution < -0.4 is 0 Å². The van der Waals surface area contributed by atoms with Crippen LogP contribution in [0.1, 0.15) is 31.9 Å². The van der Waals surface area contributed by atoms with Gasteiger partial charge in [0.1, 0.15) is 16.7 Å². The highest BCUT2D eigenvalue weighted by molar-refractivity contribution is 9.10. The lowest BCUT2D eigenvalue weighted by Crippen LogP contribution is -1.98. The largest absolute Gasteiger partial charge is 0.205 e. The summed E-state index contributed by atoms with van der Waals surface area (Å²) >= 11 is 8.61. The maximum absolute atomic E-state index is 13.3. The van der Waals surface area contributed by atoms with E-state index < -0.39 is 16.7 Å². The topological polar surface area (TPSA) is 0 Å². The smallest absolute Gasteiger partial charge is 0.149 e. The van der Waals surface area contributed by atoms with Crippen molar-refractivity contribution < 1.29 is 8.78 Å². The molecular weight excluding hydrogens is 285 g/mol. The van der Waals surface area contributed by atoms with E-state index in [0.717, 1.165) is 0 Å². The molecule has 0 nitrogen and oxygen atoms in total. The first-order valence-electron chi connectivity index (χ1n) is 4.82. The quantitative estimate of drug-likeness (QED) is 0.489. The van der Waals surface area contributed by atoms with Crippen molar-refractivity contribution >= 4 is 27.5 Å². The average Bonchev–Trinajstić information content (AvgIpc) is 2.27. The van der Waals surface area contributed by atoms with Gasteiger partial charge >= 0.3 is 0 Å². The molecule has 0 aliphatic heterocycles. The maximum Gasteiger partial charge on any atom is 0.149 e. The van der Waals surface area contributed by atoms with Gasteiger partial charge in [-0.15, -0.1) is 0 Å². The molecule has 0 unspecified atom stereocenters. The first-order valence-corrected chi connectivity index (χ1v) is 5.99. The van der Waals surface area contributed by atoms with Gasteiger partial charge in [0.15, 0.2) is 0 Å². The number of benzene rings is 1. The Hall–Kier alpha value is -0.150. The lowest BCUT2D eigenvalue weighted by Gasteiger charge is -2.09. The van der Waals surface area contributed by atoms with E-state index in [1.165, 1.54) is 0 Å². The third kappa shape index (κ3) is 2.91. The van der Waals surface area contributed by atoms with Crippen LogP contribution in [0, 0.1) is 18.6 Å². The molecule has 1 aromatic rings. The van der Waals surface area contributed by atoms with Crippen LogP contribution in [0.5, 0.6) is 0 Å². The van der Waals surface area contributed by atoms with E-state index >= 15 is 0 Å². The van der Waals surface area contributed by atoms with Crippen LogP contribution in [-0.4, -0.2) is 0 Å². The molecular formula is C11H14BrClF2. The standard InChI is InChI=1S/C9H8BrClF2.C2H6/c1-3-5-6(10)4(2)8(12)7(11)9(5)13;1-2/h3H2,1-2H3;1-2H3. The minimum absolute atomic E-state index is 0.350. The molecule has 0 amide bonds. The van der Waals surface area contributed by atoms with Crippen LogP contribution in [0.2, 0.25) is 5.02 Å². The summed E-state index contributed by atoms with van der Waals surface area (Å²) in [5.41, 5.74) is 0.771. The van der Waals surface area contributed by atoms with Crippen molar-refractivity contribution in [3.8, 4) is 0 Å². The lowest BCUT2D eigenvalue weighted by molar-refractivity contribution is 0.566. The molecule has 1 aromatic carbocycles. The SMILES string of the molecule is CC.CCc1c(F)c(Cl)c(F)c(C)c1Br. The van der Waals surface area contributed by atoms with Gasteiger partial charge in [0.2, 0.25) is 0 Å². The summed E-state index contributed by atoms with van der Waals surface area (Å²) in [7, 11) is 0. The van der Waals surface area contributed by atoms with E-state index in [9.17, 15) is 8.78 Å². The molecule has 1 rings (SSSR count). The normalized spacial score (nSPS) is 9.60. The summed E-state index contributed by atoms with van der Waals surface area (Å²) in [5, 5.41) is -0.419. The average molecular weight is 300 g/mol. The Balaban J connectivity index is 0.000000921. The van der Waals surface area contributed by atoms with Crippen LogP contribution in [0.4, 0.5) is 8.78 Å². The number of halogens is 4. The van der Waals surface area contributed by atoms with Gasteiger partial charge in [0.25, 0.3) is 0 Å². The zero-order chi connectivity index (χ0) is 12.2. The highest BCUT2D eigenvalue weighted by Gasteiger charge is 2.18. The molecule has 86 valence electrons. The van der Waals surface area contributed by atoms with Gasteiger partial charge in [-0.3, -0.25) is 0 Å². The number of hydrogen-bond donors (Lipinski definition) is 0. The monoisotopic (exact) mass is 298 g/mol. The van der Waals surface area contributed by atoms with Crippen LogP contribution in [0.25, 0.3) is 0 Å². The number of hydrogen-bond acceptors (Lipinski definition) is 0. The summed E-state index contributed by atoms with van der Waals surface area (Å²) in [4.78, 5) is 0. The fourth-order valence-electron chi connectivity index (χ4n) is 1.12. The first kappa shape index (κ1) is 14.8. The van der Waals surface area contributed by atoms with Crippen molar-refractivity contribution in [3.63, 3.8) is 0 Å². The first-order chi connectivity index (χ1) is 7.00. The molecule has 0 bridgehead atoms. The van der Waals surface area contributed by atoms with Gasteiger partial charge in [-0.05, 0) is 13.3 Å². The Morgan fingerprint density at radius 3 is 2.07 bits per heavy atom. The van der Waals surface area contributed by atoms with E-state index in [2.05, 4.69) is 15.9 Å². The zero-order valence-electron chi connectivity index (χ0n) is 9.22. The minimum Gasteiger partial charge on any atom is -0.205 e. The molecule has 15 heavy (non-hydrogen) atoms. The maximum atomic E-state index is 13.3. The van der Waals surface area contributed by atoms with Gasteiger partial charge in [-0.1, -0.05) is 48.3 Å². The molecule has 0 saturated carbocycles. The van der Waals surface area contributed by atoms with Gasteiger partial charge in [0.05, 0.1) is 0 Å².